The second-order valence-corrected chi connectivity index (χ2v) is 27.5. The van der Waals surface area contributed by atoms with Gasteiger partial charge in [-0.1, -0.05) is 169 Å². The molecule has 16 aromatic rings. The molecule has 4 heterocycles. The van der Waals surface area contributed by atoms with Crippen LogP contribution in [0.5, 0.6) is 0 Å². The molecule has 5 heteroatoms. The molecule has 0 amide bonds. The van der Waals surface area contributed by atoms with E-state index in [9.17, 15) is 0 Å². The van der Waals surface area contributed by atoms with Crippen LogP contribution in [0, 0.1) is 0 Å². The van der Waals surface area contributed by atoms with Crippen molar-refractivity contribution in [1.82, 2.24) is 18.3 Å². The molecular weight excluding hydrogens is 997 g/mol. The lowest BCUT2D eigenvalue weighted by molar-refractivity contribution is 1.16. The lowest BCUT2D eigenvalue weighted by Crippen LogP contribution is -2.55. The molecule has 380 valence electrons. The van der Waals surface area contributed by atoms with Crippen molar-refractivity contribution in [3.63, 3.8) is 0 Å². The van der Waals surface area contributed by atoms with E-state index in [1.54, 1.807) is 10.4 Å². The summed E-state index contributed by atoms with van der Waals surface area (Å²) in [6.45, 7) is 5.22. The zero-order valence-electron chi connectivity index (χ0n) is 45.0. The molecule has 0 spiro atoms. The van der Waals surface area contributed by atoms with Gasteiger partial charge in [-0.05, 0) is 167 Å². The Bertz CT molecular complexity index is 4940. The van der Waals surface area contributed by atoms with Gasteiger partial charge in [0.1, 0.15) is 8.07 Å². The third-order valence-electron chi connectivity index (χ3n) is 18.7. The molecule has 81 heavy (non-hydrogen) atoms. The first kappa shape index (κ1) is 45.0. The van der Waals surface area contributed by atoms with Crippen LogP contribution in [0.4, 0.5) is 0 Å². The molecule has 12 aromatic carbocycles. The molecule has 4 nitrogen and oxygen atoms in total. The van der Waals surface area contributed by atoms with Crippen molar-refractivity contribution >= 4 is 106 Å². The summed E-state index contributed by atoms with van der Waals surface area (Å²) in [6, 6.07) is 96.0. The standard InChI is InChI=1S/C76H52N4Si/c1-81(2,75-33-17-27-53-59-45-63-61-43-51(79-67-29-13-9-23-55(67)56-24-10-14-30-68(56)79)35-37-71(61)77(49-19-5-3-6-20-49)73(63)41-47(59)39-65(53)75)76-34-18-28-54-60-46-64-62-44-52(80-69-31-15-11-25-57(69)58-26-12-16-32-70(58)80)36-38-72(62)78(50-21-7-4-8-22-50)74(64)42-48(60)40-66(54)76/h3-38,41-46H,39-40H2,1-2H3. The van der Waals surface area contributed by atoms with Crippen molar-refractivity contribution in [2.45, 2.75) is 25.9 Å². The average Bonchev–Trinajstić information content (AvgIpc) is 4.31. The average molecular weight is 1050 g/mol. The Labute approximate surface area is 469 Å². The fourth-order valence-electron chi connectivity index (χ4n) is 15.1. The number of hydrogen-bond acceptors (Lipinski definition) is 0. The summed E-state index contributed by atoms with van der Waals surface area (Å²) < 4.78 is 9.88. The van der Waals surface area contributed by atoms with Gasteiger partial charge in [0.05, 0.1) is 44.1 Å². The van der Waals surface area contributed by atoms with Gasteiger partial charge < -0.3 is 18.3 Å². The van der Waals surface area contributed by atoms with E-state index >= 15 is 0 Å². The second kappa shape index (κ2) is 16.6. The van der Waals surface area contributed by atoms with Crippen molar-refractivity contribution in [3.05, 3.63) is 277 Å². The zero-order valence-corrected chi connectivity index (χ0v) is 46.0. The minimum atomic E-state index is -2.33. The van der Waals surface area contributed by atoms with Crippen LogP contribution in [-0.4, -0.2) is 26.3 Å². The van der Waals surface area contributed by atoms with E-state index in [0.29, 0.717) is 0 Å². The fraction of sp³-hybridized carbons (Fsp3) is 0.0526. The van der Waals surface area contributed by atoms with E-state index in [0.717, 1.165) is 12.8 Å². The predicted octanol–water partition coefficient (Wildman–Crippen LogP) is 18.0. The molecule has 0 N–H and O–H groups in total. The van der Waals surface area contributed by atoms with E-state index in [2.05, 4.69) is 286 Å². The molecular formula is C76H52N4Si. The maximum absolute atomic E-state index is 2.61. The molecule has 0 fully saturated rings. The summed E-state index contributed by atoms with van der Waals surface area (Å²) in [4.78, 5) is 0. The molecule has 0 unspecified atom stereocenters. The van der Waals surface area contributed by atoms with Gasteiger partial charge in [-0.15, -0.1) is 0 Å². The van der Waals surface area contributed by atoms with Crippen molar-refractivity contribution in [3.8, 4) is 45.0 Å². The van der Waals surface area contributed by atoms with Gasteiger partial charge >= 0.3 is 0 Å². The van der Waals surface area contributed by atoms with Crippen LogP contribution in [0.15, 0.2) is 255 Å². The normalized spacial score (nSPS) is 13.0. The van der Waals surface area contributed by atoms with Gasteiger partial charge in [0.2, 0.25) is 0 Å². The Balaban J connectivity index is 0.775. The molecule has 2 aliphatic rings. The number of fused-ring (bicyclic) bond motifs is 18. The van der Waals surface area contributed by atoms with Crippen molar-refractivity contribution in [2.24, 2.45) is 0 Å². The number of benzene rings is 12. The lowest BCUT2D eigenvalue weighted by Gasteiger charge is -2.29. The molecule has 0 saturated carbocycles. The van der Waals surface area contributed by atoms with E-state index in [1.165, 1.54) is 154 Å². The minimum absolute atomic E-state index is 0.920. The molecule has 0 radical (unpaired) electrons. The number of para-hydroxylation sites is 6. The van der Waals surface area contributed by atoms with Crippen LogP contribution >= 0.6 is 0 Å². The van der Waals surface area contributed by atoms with E-state index in [4.69, 9.17) is 0 Å². The van der Waals surface area contributed by atoms with Gasteiger partial charge in [0.15, 0.2) is 0 Å². The molecule has 18 rings (SSSR count). The summed E-state index contributed by atoms with van der Waals surface area (Å²) in [5.41, 5.74) is 25.8. The molecule has 4 aromatic heterocycles. The van der Waals surface area contributed by atoms with Crippen LogP contribution in [0.1, 0.15) is 22.3 Å². The smallest absolute Gasteiger partial charge is 0.113 e. The van der Waals surface area contributed by atoms with Gasteiger partial charge in [-0.25, -0.2) is 0 Å². The first-order valence-electron chi connectivity index (χ1n) is 28.5. The first-order valence-corrected chi connectivity index (χ1v) is 31.5. The first-order chi connectivity index (χ1) is 39.9. The van der Waals surface area contributed by atoms with E-state index in [-0.39, 0.29) is 0 Å². The van der Waals surface area contributed by atoms with Gasteiger partial charge in [0.25, 0.3) is 0 Å². The maximum Gasteiger partial charge on any atom is 0.113 e. The van der Waals surface area contributed by atoms with E-state index in [1.807, 2.05) is 0 Å². The van der Waals surface area contributed by atoms with Gasteiger partial charge in [-0.2, -0.15) is 0 Å². The topological polar surface area (TPSA) is 19.7 Å². The van der Waals surface area contributed by atoms with Crippen molar-refractivity contribution in [2.75, 3.05) is 0 Å². The zero-order chi connectivity index (χ0) is 53.2. The van der Waals surface area contributed by atoms with Gasteiger partial charge in [0, 0.05) is 65.8 Å². The third-order valence-corrected chi connectivity index (χ3v) is 22.3. The highest BCUT2D eigenvalue weighted by atomic mass is 28.3. The quantitative estimate of drug-likeness (QED) is 0.148. The number of hydrogen-bond donors (Lipinski definition) is 0. The SMILES string of the molecule is C[Si](C)(c1cccc2c1Cc1cc3c(cc1-2)c1cc(-n2c4ccccc4c4ccccc42)ccc1n3-c1ccccc1)c1cccc2c1Cc1cc3c(cc1-2)c1cc(-n2c4ccccc4c4ccccc42)ccc1n3-c1ccccc1. The lowest BCUT2D eigenvalue weighted by atomic mass is 10.0. The molecule has 0 aliphatic heterocycles. The molecule has 0 atom stereocenters. The highest BCUT2D eigenvalue weighted by Crippen LogP contribution is 2.46. The number of rotatable bonds is 6. The Hall–Kier alpha value is -9.94. The molecule has 0 bridgehead atoms. The number of nitrogens with zero attached hydrogens (tertiary/aromatic N) is 4. The monoisotopic (exact) mass is 1050 g/mol. The predicted molar refractivity (Wildman–Crippen MR) is 343 cm³/mol. The summed E-state index contributed by atoms with van der Waals surface area (Å²) in [5.74, 6) is 0. The molecule has 0 saturated heterocycles. The van der Waals surface area contributed by atoms with Crippen molar-refractivity contribution < 1.29 is 0 Å². The van der Waals surface area contributed by atoms with Crippen LogP contribution < -0.4 is 10.4 Å². The Morgan fingerprint density at radius 2 is 0.580 bits per heavy atom. The Morgan fingerprint density at radius 1 is 0.247 bits per heavy atom. The van der Waals surface area contributed by atoms with E-state index < -0.39 is 8.07 Å². The summed E-state index contributed by atoms with van der Waals surface area (Å²) >= 11 is 0. The highest BCUT2D eigenvalue weighted by Gasteiger charge is 2.37. The van der Waals surface area contributed by atoms with Crippen LogP contribution in [0.25, 0.3) is 132 Å². The molecule has 2 aliphatic carbocycles. The third kappa shape index (κ3) is 6.24. The fourth-order valence-corrected chi connectivity index (χ4v) is 18.4. The van der Waals surface area contributed by atoms with Crippen LogP contribution in [-0.2, 0) is 12.8 Å². The largest absolute Gasteiger partial charge is 0.309 e. The van der Waals surface area contributed by atoms with Crippen LogP contribution in [0.2, 0.25) is 13.1 Å². The van der Waals surface area contributed by atoms with Crippen molar-refractivity contribution in [1.29, 1.82) is 0 Å². The second-order valence-electron chi connectivity index (χ2n) is 23.2. The van der Waals surface area contributed by atoms with Crippen LogP contribution in [0.3, 0.4) is 0 Å². The Morgan fingerprint density at radius 3 is 0.975 bits per heavy atom. The van der Waals surface area contributed by atoms with Gasteiger partial charge in [-0.3, -0.25) is 0 Å². The summed E-state index contributed by atoms with van der Waals surface area (Å²) in [7, 11) is -2.33. The maximum atomic E-state index is 2.61. The summed E-state index contributed by atoms with van der Waals surface area (Å²) in [5, 5.41) is 13.3. The summed E-state index contributed by atoms with van der Waals surface area (Å²) in [6.07, 6.45) is 1.84. The minimum Gasteiger partial charge on any atom is -0.309 e. The Kier molecular flexibility index (Phi) is 9.19. The highest BCUT2D eigenvalue weighted by molar-refractivity contribution is 7.01. The number of aromatic nitrogens is 4.